The summed E-state index contributed by atoms with van der Waals surface area (Å²) in [6.07, 6.45) is 0.983. The van der Waals surface area contributed by atoms with Crippen LogP contribution in [0.5, 0.6) is 17.2 Å². The molecule has 1 heterocycles. The predicted octanol–water partition coefficient (Wildman–Crippen LogP) is 3.24. The fourth-order valence-electron chi connectivity index (χ4n) is 2.86. The van der Waals surface area contributed by atoms with E-state index in [1.54, 1.807) is 12.1 Å². The number of rotatable bonds is 7. The monoisotopic (exact) mass is 359 g/mol. The molecule has 1 aliphatic heterocycles. The molecule has 0 saturated heterocycles. The highest BCUT2D eigenvalue weighted by molar-refractivity contribution is 5.77. The van der Waals surface area contributed by atoms with Gasteiger partial charge < -0.3 is 19.5 Å². The molecule has 0 bridgehead atoms. The highest BCUT2D eigenvalue weighted by Crippen LogP contribution is 2.35. The quantitative estimate of drug-likeness (QED) is 0.825. The average Bonchev–Trinajstić information content (AvgIpc) is 2.98. The van der Waals surface area contributed by atoms with Crippen molar-refractivity contribution in [2.45, 2.75) is 32.9 Å². The summed E-state index contributed by atoms with van der Waals surface area (Å²) in [5, 5.41) is 2.77. The van der Waals surface area contributed by atoms with Gasteiger partial charge in [0, 0.05) is 24.1 Å². The lowest BCUT2D eigenvalue weighted by Gasteiger charge is -2.13. The summed E-state index contributed by atoms with van der Waals surface area (Å²) < 4.78 is 30.2. The molecular formula is C20H22FNO4. The van der Waals surface area contributed by atoms with Crippen molar-refractivity contribution >= 4 is 5.91 Å². The zero-order chi connectivity index (χ0) is 18.5. The minimum atomic E-state index is -0.496. The van der Waals surface area contributed by atoms with Gasteiger partial charge >= 0.3 is 0 Å². The fraction of sp³-hybridized carbons (Fsp3) is 0.350. The van der Waals surface area contributed by atoms with Crippen molar-refractivity contribution in [2.24, 2.45) is 0 Å². The van der Waals surface area contributed by atoms with Gasteiger partial charge in [0.05, 0.1) is 6.61 Å². The number of hydrogen-bond acceptors (Lipinski definition) is 4. The Kier molecular flexibility index (Phi) is 5.61. The number of carbonyl (C=O) groups is 1. The normalized spacial score (nSPS) is 15.1. The summed E-state index contributed by atoms with van der Waals surface area (Å²) in [5.41, 5.74) is 1.94. The minimum Gasteiger partial charge on any atom is -0.494 e. The van der Waals surface area contributed by atoms with Gasteiger partial charge in [-0.15, -0.1) is 0 Å². The molecule has 1 amide bonds. The van der Waals surface area contributed by atoms with Gasteiger partial charge in [-0.25, -0.2) is 4.39 Å². The first-order valence-electron chi connectivity index (χ1n) is 8.66. The molecule has 1 aliphatic rings. The van der Waals surface area contributed by atoms with E-state index in [0.29, 0.717) is 6.61 Å². The van der Waals surface area contributed by atoms with Gasteiger partial charge in [-0.1, -0.05) is 12.1 Å². The maximum atomic E-state index is 13.5. The highest BCUT2D eigenvalue weighted by atomic mass is 19.1. The third kappa shape index (κ3) is 4.25. The predicted molar refractivity (Wildman–Crippen MR) is 95.1 cm³/mol. The van der Waals surface area contributed by atoms with E-state index in [0.717, 1.165) is 29.0 Å². The zero-order valence-electron chi connectivity index (χ0n) is 14.9. The van der Waals surface area contributed by atoms with E-state index in [9.17, 15) is 9.18 Å². The second kappa shape index (κ2) is 8.08. The molecule has 6 heteroatoms. The molecule has 0 saturated carbocycles. The van der Waals surface area contributed by atoms with Crippen LogP contribution in [-0.2, 0) is 17.8 Å². The van der Waals surface area contributed by atoms with Crippen molar-refractivity contribution in [1.29, 1.82) is 0 Å². The Morgan fingerprint density at radius 1 is 1.27 bits per heavy atom. The van der Waals surface area contributed by atoms with Gasteiger partial charge in [0.1, 0.15) is 17.6 Å². The summed E-state index contributed by atoms with van der Waals surface area (Å²) >= 11 is 0. The van der Waals surface area contributed by atoms with E-state index in [2.05, 4.69) is 5.32 Å². The van der Waals surface area contributed by atoms with Gasteiger partial charge in [-0.3, -0.25) is 4.79 Å². The Morgan fingerprint density at radius 3 is 2.85 bits per heavy atom. The molecule has 0 aliphatic carbocycles. The molecule has 0 aromatic heterocycles. The zero-order valence-corrected chi connectivity index (χ0v) is 14.9. The average molecular weight is 359 g/mol. The smallest absolute Gasteiger partial charge is 0.258 e. The van der Waals surface area contributed by atoms with Gasteiger partial charge in [0.2, 0.25) is 0 Å². The molecule has 1 atom stereocenters. The molecule has 3 rings (SSSR count). The van der Waals surface area contributed by atoms with Crippen molar-refractivity contribution in [3.63, 3.8) is 0 Å². The first-order valence-corrected chi connectivity index (χ1v) is 8.66. The van der Waals surface area contributed by atoms with Gasteiger partial charge in [0.25, 0.3) is 5.91 Å². The van der Waals surface area contributed by atoms with Crippen LogP contribution in [0.2, 0.25) is 0 Å². The van der Waals surface area contributed by atoms with Crippen LogP contribution in [0.1, 0.15) is 25.0 Å². The number of benzene rings is 2. The first kappa shape index (κ1) is 18.0. The van der Waals surface area contributed by atoms with Gasteiger partial charge in [-0.2, -0.15) is 0 Å². The molecule has 0 spiro atoms. The van der Waals surface area contributed by atoms with E-state index >= 15 is 0 Å². The van der Waals surface area contributed by atoms with Crippen molar-refractivity contribution in [1.82, 2.24) is 5.32 Å². The SMILES string of the molecule is CCOc1cc2c(cc1CNC(=O)COc1ccccc1F)O[C@H](C)C2. The van der Waals surface area contributed by atoms with Crippen molar-refractivity contribution in [3.05, 3.63) is 53.3 Å². The standard InChI is InChI=1S/C20H22FNO4/c1-3-24-18-9-14-8-13(2)26-19(14)10-15(18)11-22-20(23)12-25-17-7-5-4-6-16(17)21/h4-7,9-10,13H,3,8,11-12H2,1-2H3,(H,22,23)/t13-/m1/s1. The minimum absolute atomic E-state index is 0.0533. The molecule has 1 N–H and O–H groups in total. The lowest BCUT2D eigenvalue weighted by molar-refractivity contribution is -0.123. The molecule has 0 unspecified atom stereocenters. The Labute approximate surface area is 152 Å². The number of amides is 1. The maximum absolute atomic E-state index is 13.5. The number of carbonyl (C=O) groups excluding carboxylic acids is 1. The highest BCUT2D eigenvalue weighted by Gasteiger charge is 2.22. The molecular weight excluding hydrogens is 337 g/mol. The largest absolute Gasteiger partial charge is 0.494 e. The number of nitrogens with one attached hydrogen (secondary N) is 1. The van der Waals surface area contributed by atoms with Crippen LogP contribution in [0.25, 0.3) is 0 Å². The molecule has 5 nitrogen and oxygen atoms in total. The summed E-state index contributed by atoms with van der Waals surface area (Å²) in [4.78, 5) is 12.0. The van der Waals surface area contributed by atoms with E-state index in [1.165, 1.54) is 12.1 Å². The molecule has 2 aromatic rings. The number of fused-ring (bicyclic) bond motifs is 1. The Hall–Kier alpha value is -2.76. The van der Waals surface area contributed by atoms with Crippen LogP contribution in [0.3, 0.4) is 0 Å². The van der Waals surface area contributed by atoms with Gasteiger partial charge in [-0.05, 0) is 38.1 Å². The van der Waals surface area contributed by atoms with Crippen LogP contribution >= 0.6 is 0 Å². The number of hydrogen-bond donors (Lipinski definition) is 1. The third-order valence-electron chi connectivity index (χ3n) is 4.05. The van der Waals surface area contributed by atoms with Crippen LogP contribution in [0.15, 0.2) is 36.4 Å². The molecule has 26 heavy (non-hydrogen) atoms. The number of para-hydroxylation sites is 1. The lowest BCUT2D eigenvalue weighted by atomic mass is 10.1. The molecule has 0 radical (unpaired) electrons. The van der Waals surface area contributed by atoms with Gasteiger partial charge in [0.15, 0.2) is 18.2 Å². The van der Waals surface area contributed by atoms with Crippen molar-refractivity contribution < 1.29 is 23.4 Å². The molecule has 0 fully saturated rings. The lowest BCUT2D eigenvalue weighted by Crippen LogP contribution is -2.28. The number of ether oxygens (including phenoxy) is 3. The Bertz CT molecular complexity index is 793. The fourth-order valence-corrected chi connectivity index (χ4v) is 2.86. The van der Waals surface area contributed by atoms with Crippen molar-refractivity contribution in [2.75, 3.05) is 13.2 Å². The second-order valence-electron chi connectivity index (χ2n) is 6.13. The van der Waals surface area contributed by atoms with Crippen LogP contribution < -0.4 is 19.5 Å². The summed E-state index contributed by atoms with van der Waals surface area (Å²) in [6, 6.07) is 9.86. The second-order valence-corrected chi connectivity index (χ2v) is 6.13. The third-order valence-corrected chi connectivity index (χ3v) is 4.05. The first-order chi connectivity index (χ1) is 12.6. The molecule has 138 valence electrons. The van der Waals surface area contributed by atoms with E-state index in [1.807, 2.05) is 26.0 Å². The van der Waals surface area contributed by atoms with Crippen LogP contribution in [0, 0.1) is 5.82 Å². The van der Waals surface area contributed by atoms with E-state index < -0.39 is 5.82 Å². The summed E-state index contributed by atoms with van der Waals surface area (Å²) in [6.45, 7) is 4.48. The summed E-state index contributed by atoms with van der Waals surface area (Å²) in [7, 11) is 0. The summed E-state index contributed by atoms with van der Waals surface area (Å²) in [5.74, 6) is 0.777. The van der Waals surface area contributed by atoms with Crippen LogP contribution in [0.4, 0.5) is 4.39 Å². The Morgan fingerprint density at radius 2 is 2.08 bits per heavy atom. The van der Waals surface area contributed by atoms with Crippen LogP contribution in [-0.4, -0.2) is 25.2 Å². The van der Waals surface area contributed by atoms with Crippen molar-refractivity contribution in [3.8, 4) is 17.2 Å². The topological polar surface area (TPSA) is 56.8 Å². The van der Waals surface area contributed by atoms with E-state index in [-0.39, 0.29) is 30.9 Å². The number of halogens is 1. The molecule has 2 aromatic carbocycles. The maximum Gasteiger partial charge on any atom is 0.258 e. The Balaban J connectivity index is 1.61. The van der Waals surface area contributed by atoms with E-state index in [4.69, 9.17) is 14.2 Å².